The number of nitrogens with one attached hydrogen (secondary N) is 2. The second-order valence-corrected chi connectivity index (χ2v) is 7.19. The molecule has 0 saturated carbocycles. The fourth-order valence-electron chi connectivity index (χ4n) is 2.43. The highest BCUT2D eigenvalue weighted by molar-refractivity contribution is 7.20. The number of aryl methyl sites for hydroxylation is 2. The summed E-state index contributed by atoms with van der Waals surface area (Å²) in [6.45, 7) is 6.13. The van der Waals surface area contributed by atoms with E-state index < -0.39 is 6.09 Å². The van der Waals surface area contributed by atoms with Crippen molar-refractivity contribution < 1.29 is 9.53 Å². The van der Waals surface area contributed by atoms with Gasteiger partial charge in [0.15, 0.2) is 0 Å². The Morgan fingerprint density at radius 1 is 1.11 bits per heavy atom. The summed E-state index contributed by atoms with van der Waals surface area (Å²) in [6, 6.07) is 16.0. The monoisotopic (exact) mass is 394 g/mol. The van der Waals surface area contributed by atoms with E-state index in [2.05, 4.69) is 20.8 Å². The van der Waals surface area contributed by atoms with Crippen LogP contribution in [-0.4, -0.2) is 23.9 Å². The summed E-state index contributed by atoms with van der Waals surface area (Å²) in [5, 5.41) is 8.19. The molecule has 0 aliphatic carbocycles. The van der Waals surface area contributed by atoms with Crippen molar-refractivity contribution in [2.24, 2.45) is 5.10 Å². The van der Waals surface area contributed by atoms with Crippen LogP contribution in [0.4, 0.5) is 14.9 Å². The molecular formula is C21H22N4O2S. The topological polar surface area (TPSA) is 75.6 Å². The van der Waals surface area contributed by atoms with Crippen LogP contribution in [0.15, 0.2) is 53.6 Å². The van der Waals surface area contributed by atoms with Gasteiger partial charge in [-0.3, -0.25) is 10.7 Å². The lowest BCUT2D eigenvalue weighted by Gasteiger charge is -2.05. The quantitative estimate of drug-likeness (QED) is 0.431. The third kappa shape index (κ3) is 5.17. The van der Waals surface area contributed by atoms with Gasteiger partial charge in [-0.15, -0.1) is 0 Å². The summed E-state index contributed by atoms with van der Waals surface area (Å²) in [7, 11) is 0. The van der Waals surface area contributed by atoms with Gasteiger partial charge in [0.1, 0.15) is 10.7 Å². The fourth-order valence-corrected chi connectivity index (χ4v) is 3.26. The molecule has 0 fully saturated rings. The van der Waals surface area contributed by atoms with Crippen molar-refractivity contribution in [2.75, 3.05) is 17.3 Å². The molecule has 1 amide bonds. The molecule has 0 unspecified atom stereocenters. The standard InChI is InChI=1S/C21H22N4O2S/c1-4-27-21(26)24-19-18(17-11-7-15(3)8-12-17)23-20(28-19)25-22-13-16-9-5-14(2)6-10-16/h5-13H,4H2,1-3H3,(H,23,25)(H,24,26). The number of amides is 1. The molecule has 0 spiro atoms. The van der Waals surface area contributed by atoms with Crippen molar-refractivity contribution >= 4 is 33.8 Å². The number of thiazole rings is 1. The Labute approximate surface area is 168 Å². The van der Waals surface area contributed by atoms with E-state index in [9.17, 15) is 4.79 Å². The summed E-state index contributed by atoms with van der Waals surface area (Å²) < 4.78 is 4.99. The molecule has 0 atom stereocenters. The fraction of sp³-hybridized carbons (Fsp3) is 0.190. The Kier molecular flexibility index (Phi) is 6.39. The first-order valence-corrected chi connectivity index (χ1v) is 9.74. The first-order valence-electron chi connectivity index (χ1n) is 8.92. The zero-order valence-corrected chi connectivity index (χ0v) is 16.8. The summed E-state index contributed by atoms with van der Waals surface area (Å²) in [5.74, 6) is 0. The Morgan fingerprint density at radius 3 is 2.39 bits per heavy atom. The molecule has 3 rings (SSSR count). The number of rotatable bonds is 6. The molecule has 2 N–H and O–H groups in total. The molecular weight excluding hydrogens is 372 g/mol. The van der Waals surface area contributed by atoms with Gasteiger partial charge in [0.25, 0.3) is 0 Å². The first-order chi connectivity index (χ1) is 13.5. The van der Waals surface area contributed by atoms with Crippen LogP contribution in [-0.2, 0) is 4.74 Å². The van der Waals surface area contributed by atoms with Crippen LogP contribution in [0.3, 0.4) is 0 Å². The van der Waals surface area contributed by atoms with E-state index in [1.807, 2.05) is 62.4 Å². The van der Waals surface area contributed by atoms with Crippen molar-refractivity contribution in [3.63, 3.8) is 0 Å². The van der Waals surface area contributed by atoms with Gasteiger partial charge in [-0.2, -0.15) is 5.10 Å². The molecule has 0 radical (unpaired) electrons. The second kappa shape index (κ2) is 9.14. The summed E-state index contributed by atoms with van der Waals surface area (Å²) in [4.78, 5) is 16.5. The van der Waals surface area contributed by atoms with Gasteiger partial charge in [-0.1, -0.05) is 71.0 Å². The molecule has 0 aliphatic rings. The Morgan fingerprint density at radius 2 is 1.75 bits per heavy atom. The van der Waals surface area contributed by atoms with Crippen LogP contribution in [0, 0.1) is 13.8 Å². The normalized spacial score (nSPS) is 10.8. The minimum Gasteiger partial charge on any atom is -0.450 e. The van der Waals surface area contributed by atoms with Crippen molar-refractivity contribution in [1.82, 2.24) is 4.98 Å². The largest absolute Gasteiger partial charge is 0.450 e. The molecule has 0 saturated heterocycles. The average Bonchev–Trinajstić information content (AvgIpc) is 3.06. The third-order valence-corrected chi connectivity index (χ3v) is 4.77. The van der Waals surface area contributed by atoms with Crippen LogP contribution < -0.4 is 10.7 Å². The lowest BCUT2D eigenvalue weighted by atomic mass is 10.1. The predicted molar refractivity (Wildman–Crippen MR) is 115 cm³/mol. The smallest absolute Gasteiger partial charge is 0.412 e. The van der Waals surface area contributed by atoms with Crippen LogP contribution in [0.5, 0.6) is 0 Å². The average molecular weight is 395 g/mol. The van der Waals surface area contributed by atoms with E-state index in [-0.39, 0.29) is 0 Å². The molecule has 1 heterocycles. The van der Waals surface area contributed by atoms with E-state index in [0.29, 0.717) is 22.4 Å². The molecule has 144 valence electrons. The van der Waals surface area contributed by atoms with Crippen molar-refractivity contribution in [1.29, 1.82) is 0 Å². The van der Waals surface area contributed by atoms with Crippen LogP contribution >= 0.6 is 11.3 Å². The maximum atomic E-state index is 11.9. The van der Waals surface area contributed by atoms with Gasteiger partial charge < -0.3 is 4.74 Å². The molecule has 6 nitrogen and oxygen atoms in total. The van der Waals surface area contributed by atoms with E-state index in [4.69, 9.17) is 4.74 Å². The Bertz CT molecular complexity index is 963. The maximum Gasteiger partial charge on any atom is 0.412 e. The van der Waals surface area contributed by atoms with Gasteiger partial charge in [0.05, 0.1) is 12.8 Å². The molecule has 3 aromatic rings. The van der Waals surface area contributed by atoms with Gasteiger partial charge in [0.2, 0.25) is 5.13 Å². The number of nitrogens with zero attached hydrogens (tertiary/aromatic N) is 2. The lowest BCUT2D eigenvalue weighted by Crippen LogP contribution is -2.12. The number of carbonyl (C=O) groups excluding carboxylic acids is 1. The van der Waals surface area contributed by atoms with Crippen LogP contribution in [0.1, 0.15) is 23.6 Å². The van der Waals surface area contributed by atoms with E-state index in [0.717, 1.165) is 16.7 Å². The summed E-state index contributed by atoms with van der Waals surface area (Å²) in [6.07, 6.45) is 1.22. The number of hydrazone groups is 1. The SMILES string of the molecule is CCOC(=O)Nc1sc(NN=Cc2ccc(C)cc2)nc1-c1ccc(C)cc1. The molecule has 1 aromatic heterocycles. The number of benzene rings is 2. The minimum absolute atomic E-state index is 0.302. The number of anilines is 2. The van der Waals surface area contributed by atoms with Crippen molar-refractivity contribution in [2.45, 2.75) is 20.8 Å². The molecule has 2 aromatic carbocycles. The first kappa shape index (κ1) is 19.6. The summed E-state index contributed by atoms with van der Waals surface area (Å²) in [5.41, 5.74) is 7.85. The number of aromatic nitrogens is 1. The number of carbonyl (C=O) groups is 1. The highest BCUT2D eigenvalue weighted by Crippen LogP contribution is 2.36. The van der Waals surface area contributed by atoms with E-state index >= 15 is 0 Å². The van der Waals surface area contributed by atoms with Gasteiger partial charge in [-0.05, 0) is 26.3 Å². The minimum atomic E-state index is -0.505. The van der Waals surface area contributed by atoms with Gasteiger partial charge >= 0.3 is 6.09 Å². The van der Waals surface area contributed by atoms with Gasteiger partial charge in [-0.25, -0.2) is 9.78 Å². The summed E-state index contributed by atoms with van der Waals surface area (Å²) >= 11 is 1.30. The zero-order chi connectivity index (χ0) is 19.9. The molecule has 0 aliphatic heterocycles. The number of hydrogen-bond acceptors (Lipinski definition) is 6. The van der Waals surface area contributed by atoms with Crippen LogP contribution in [0.2, 0.25) is 0 Å². The predicted octanol–water partition coefficient (Wildman–Crippen LogP) is 5.44. The Balaban J connectivity index is 1.82. The van der Waals surface area contributed by atoms with Crippen molar-refractivity contribution in [3.05, 3.63) is 65.2 Å². The molecule has 28 heavy (non-hydrogen) atoms. The molecule has 7 heteroatoms. The van der Waals surface area contributed by atoms with Gasteiger partial charge in [0, 0.05) is 5.56 Å². The maximum absolute atomic E-state index is 11.9. The third-order valence-electron chi connectivity index (χ3n) is 3.89. The highest BCUT2D eigenvalue weighted by atomic mass is 32.1. The number of ether oxygens (including phenoxy) is 1. The lowest BCUT2D eigenvalue weighted by molar-refractivity contribution is 0.168. The van der Waals surface area contributed by atoms with Crippen molar-refractivity contribution in [3.8, 4) is 11.3 Å². The zero-order valence-electron chi connectivity index (χ0n) is 16.0. The Hall–Kier alpha value is -3.19. The molecule has 0 bridgehead atoms. The van der Waals surface area contributed by atoms with E-state index in [1.165, 1.54) is 16.9 Å². The second-order valence-electron chi connectivity index (χ2n) is 6.19. The highest BCUT2D eigenvalue weighted by Gasteiger charge is 2.16. The number of hydrogen-bond donors (Lipinski definition) is 2. The van der Waals surface area contributed by atoms with E-state index in [1.54, 1.807) is 13.1 Å². The van der Waals surface area contributed by atoms with Crippen LogP contribution in [0.25, 0.3) is 11.3 Å².